The molecule has 0 aliphatic heterocycles. The summed E-state index contributed by atoms with van der Waals surface area (Å²) in [6.07, 6.45) is 3.10. The normalized spacial score (nSPS) is 13.7. The third-order valence-corrected chi connectivity index (χ3v) is 6.14. The molecular formula is C24H24Cl2N4O6. The Morgan fingerprint density at radius 3 is 2.58 bits per heavy atom. The SMILES string of the molecule is COc1ccc(-c2nc(C(=O)NCc3c(Cl)cncc3Cl)c(C(C)OC(N)=O)o2)cc1OCC1CC1. The molecule has 190 valence electrons. The summed E-state index contributed by atoms with van der Waals surface area (Å²) in [5.41, 5.74) is 6.10. The van der Waals surface area contributed by atoms with E-state index in [1.807, 2.05) is 0 Å². The molecule has 36 heavy (non-hydrogen) atoms. The second kappa shape index (κ2) is 11.0. The number of aromatic nitrogens is 2. The van der Waals surface area contributed by atoms with Gasteiger partial charge in [0.1, 0.15) is 0 Å². The molecule has 1 saturated carbocycles. The van der Waals surface area contributed by atoms with Crippen molar-refractivity contribution in [2.24, 2.45) is 11.7 Å². The lowest BCUT2D eigenvalue weighted by molar-refractivity contribution is 0.0904. The molecule has 1 aliphatic carbocycles. The van der Waals surface area contributed by atoms with Crippen molar-refractivity contribution in [3.05, 3.63) is 57.7 Å². The molecule has 3 N–H and O–H groups in total. The molecule has 1 unspecified atom stereocenters. The number of oxazole rings is 1. The van der Waals surface area contributed by atoms with Gasteiger partial charge in [0.2, 0.25) is 5.89 Å². The first kappa shape index (κ1) is 25.6. The fraction of sp³-hybridized carbons (Fsp3) is 0.333. The zero-order valence-electron chi connectivity index (χ0n) is 19.5. The number of rotatable bonds is 10. The number of nitrogens with zero attached hydrogens (tertiary/aromatic N) is 2. The molecule has 1 aromatic carbocycles. The molecule has 1 fully saturated rings. The van der Waals surface area contributed by atoms with Crippen LogP contribution in [0, 0.1) is 5.92 Å². The van der Waals surface area contributed by atoms with E-state index in [1.54, 1.807) is 25.3 Å². The molecule has 0 radical (unpaired) electrons. The second-order valence-electron chi connectivity index (χ2n) is 8.20. The van der Waals surface area contributed by atoms with E-state index < -0.39 is 18.1 Å². The number of carbonyl (C=O) groups excluding carboxylic acids is 2. The minimum Gasteiger partial charge on any atom is -0.493 e. The fourth-order valence-corrected chi connectivity index (χ4v) is 3.89. The molecule has 0 saturated heterocycles. The lowest BCUT2D eigenvalue weighted by Crippen LogP contribution is -2.25. The van der Waals surface area contributed by atoms with Gasteiger partial charge in [-0.25, -0.2) is 9.78 Å². The third-order valence-electron chi connectivity index (χ3n) is 5.49. The third kappa shape index (κ3) is 6.00. The fourth-order valence-electron chi connectivity index (χ4n) is 3.40. The highest BCUT2D eigenvalue weighted by molar-refractivity contribution is 6.35. The van der Waals surface area contributed by atoms with E-state index in [0.29, 0.717) is 45.2 Å². The average Bonchev–Trinajstić information content (AvgIpc) is 3.56. The van der Waals surface area contributed by atoms with Crippen molar-refractivity contribution in [2.75, 3.05) is 13.7 Å². The van der Waals surface area contributed by atoms with Crippen LogP contribution in [0.4, 0.5) is 4.79 Å². The number of pyridine rings is 1. The van der Waals surface area contributed by atoms with Crippen LogP contribution in [0.5, 0.6) is 11.5 Å². The molecule has 10 nitrogen and oxygen atoms in total. The van der Waals surface area contributed by atoms with Crippen molar-refractivity contribution in [3.63, 3.8) is 0 Å². The quantitative estimate of drug-likeness (QED) is 0.373. The van der Waals surface area contributed by atoms with Gasteiger partial charge in [-0.1, -0.05) is 23.2 Å². The first-order valence-electron chi connectivity index (χ1n) is 11.1. The Hall–Kier alpha value is -3.50. The first-order chi connectivity index (χ1) is 17.3. The number of carbonyl (C=O) groups is 2. The van der Waals surface area contributed by atoms with Gasteiger partial charge in [-0.05, 0) is 43.9 Å². The number of hydrogen-bond donors (Lipinski definition) is 2. The Bertz CT molecular complexity index is 1260. The number of hydrogen-bond acceptors (Lipinski definition) is 8. The first-order valence-corrected chi connectivity index (χ1v) is 11.9. The van der Waals surface area contributed by atoms with Crippen molar-refractivity contribution >= 4 is 35.2 Å². The number of ether oxygens (including phenoxy) is 3. The van der Waals surface area contributed by atoms with Crippen LogP contribution in [0.15, 0.2) is 35.0 Å². The van der Waals surface area contributed by atoms with E-state index in [4.69, 9.17) is 47.6 Å². The molecule has 2 amide bonds. The van der Waals surface area contributed by atoms with E-state index in [9.17, 15) is 9.59 Å². The Labute approximate surface area is 217 Å². The number of halogens is 2. The minimum atomic E-state index is -1.03. The van der Waals surface area contributed by atoms with Crippen molar-refractivity contribution < 1.29 is 28.2 Å². The molecular weight excluding hydrogens is 511 g/mol. The van der Waals surface area contributed by atoms with E-state index in [1.165, 1.54) is 19.3 Å². The summed E-state index contributed by atoms with van der Waals surface area (Å²) in [5.74, 6) is 1.16. The molecule has 2 aromatic heterocycles. The highest BCUT2D eigenvalue weighted by Gasteiger charge is 2.28. The summed E-state index contributed by atoms with van der Waals surface area (Å²) in [7, 11) is 1.55. The molecule has 1 aliphatic rings. The number of methoxy groups -OCH3 is 1. The molecule has 2 heterocycles. The Balaban J connectivity index is 1.63. The second-order valence-corrected chi connectivity index (χ2v) is 9.01. The lowest BCUT2D eigenvalue weighted by Gasteiger charge is -2.11. The van der Waals surface area contributed by atoms with Crippen molar-refractivity contribution in [2.45, 2.75) is 32.4 Å². The van der Waals surface area contributed by atoms with Crippen LogP contribution in [0.25, 0.3) is 11.5 Å². The largest absolute Gasteiger partial charge is 0.493 e. The topological polar surface area (TPSA) is 139 Å². The zero-order valence-corrected chi connectivity index (χ0v) is 21.1. The Morgan fingerprint density at radius 2 is 1.94 bits per heavy atom. The van der Waals surface area contributed by atoms with Gasteiger partial charge in [0.15, 0.2) is 29.1 Å². The van der Waals surface area contributed by atoms with Crippen molar-refractivity contribution in [1.82, 2.24) is 15.3 Å². The minimum absolute atomic E-state index is 0.00734. The highest BCUT2D eigenvalue weighted by Crippen LogP contribution is 2.36. The van der Waals surface area contributed by atoms with Crippen LogP contribution in [0.2, 0.25) is 10.0 Å². The predicted molar refractivity (Wildman–Crippen MR) is 131 cm³/mol. The van der Waals surface area contributed by atoms with Crippen LogP contribution in [-0.4, -0.2) is 35.7 Å². The van der Waals surface area contributed by atoms with Gasteiger partial charge in [-0.2, -0.15) is 0 Å². The molecule has 4 rings (SSSR count). The molecule has 12 heteroatoms. The number of primary amides is 1. The van der Waals surface area contributed by atoms with Crippen LogP contribution in [0.1, 0.15) is 47.7 Å². The van der Waals surface area contributed by atoms with E-state index in [2.05, 4.69) is 15.3 Å². The molecule has 1 atom stereocenters. The van der Waals surface area contributed by atoms with Crippen LogP contribution in [-0.2, 0) is 11.3 Å². The summed E-state index contributed by atoms with van der Waals surface area (Å²) in [5, 5.41) is 3.30. The summed E-state index contributed by atoms with van der Waals surface area (Å²) in [6.45, 7) is 2.10. The monoisotopic (exact) mass is 534 g/mol. The summed E-state index contributed by atoms with van der Waals surface area (Å²) >= 11 is 12.3. The number of amides is 2. The van der Waals surface area contributed by atoms with E-state index >= 15 is 0 Å². The van der Waals surface area contributed by atoms with Crippen molar-refractivity contribution in [1.29, 1.82) is 0 Å². The van der Waals surface area contributed by atoms with Gasteiger partial charge in [-0.15, -0.1) is 0 Å². The maximum atomic E-state index is 13.1. The summed E-state index contributed by atoms with van der Waals surface area (Å²) < 4.78 is 22.2. The molecule has 0 spiro atoms. The number of nitrogens with two attached hydrogens (primary N) is 1. The van der Waals surface area contributed by atoms with Crippen LogP contribution < -0.4 is 20.5 Å². The highest BCUT2D eigenvalue weighted by atomic mass is 35.5. The van der Waals surface area contributed by atoms with E-state index in [0.717, 1.165) is 12.8 Å². The van der Waals surface area contributed by atoms with Gasteiger partial charge in [0, 0.05) is 30.1 Å². The Kier molecular flexibility index (Phi) is 7.85. The standard InChI is InChI=1S/C24H24Cl2N4O6/c1-12(35-24(27)32)21-20(22(31)29-8-15-16(25)9-28-10-17(15)26)30-23(36-21)14-5-6-18(33-2)19(7-14)34-11-13-3-4-13/h5-7,9-10,12-13H,3-4,8,11H2,1-2H3,(H2,27,32)(H,29,31). The lowest BCUT2D eigenvalue weighted by atomic mass is 10.2. The average molecular weight is 535 g/mol. The molecule has 0 bridgehead atoms. The van der Waals surface area contributed by atoms with Gasteiger partial charge in [0.05, 0.1) is 23.8 Å². The van der Waals surface area contributed by atoms with Crippen LogP contribution in [0.3, 0.4) is 0 Å². The number of benzene rings is 1. The summed E-state index contributed by atoms with van der Waals surface area (Å²) in [6, 6.07) is 5.16. The van der Waals surface area contributed by atoms with Gasteiger partial charge >= 0.3 is 6.09 Å². The predicted octanol–water partition coefficient (Wildman–Crippen LogP) is 4.93. The smallest absolute Gasteiger partial charge is 0.405 e. The van der Waals surface area contributed by atoms with E-state index in [-0.39, 0.29) is 23.9 Å². The van der Waals surface area contributed by atoms with Gasteiger partial charge in [-0.3, -0.25) is 9.78 Å². The van der Waals surface area contributed by atoms with Crippen molar-refractivity contribution in [3.8, 4) is 23.0 Å². The zero-order chi connectivity index (χ0) is 25.8. The van der Waals surface area contributed by atoms with Gasteiger partial charge in [0.25, 0.3) is 5.91 Å². The van der Waals surface area contributed by atoms with Gasteiger partial charge < -0.3 is 29.7 Å². The summed E-state index contributed by atoms with van der Waals surface area (Å²) in [4.78, 5) is 32.7. The maximum absolute atomic E-state index is 13.1. The number of nitrogens with one attached hydrogen (secondary N) is 1. The maximum Gasteiger partial charge on any atom is 0.405 e. The Morgan fingerprint density at radius 1 is 1.22 bits per heavy atom. The van der Waals surface area contributed by atoms with Crippen LogP contribution >= 0.6 is 23.2 Å². The molecule has 3 aromatic rings.